The molecule has 1 fully saturated rings. The standard InChI is InChI=1S/C14H22N4O2S.ClH/c1-21-9-4-12(15)14(19)17-13-3-2-11(10-16-13)18-5-7-20-8-6-18;/h2-3,10,12H,4-9,15H2,1H3,(H,16,17,19);1H. The van der Waals surface area contributed by atoms with Crippen molar-refractivity contribution in [1.29, 1.82) is 0 Å². The summed E-state index contributed by atoms with van der Waals surface area (Å²) >= 11 is 1.68. The number of hydrogen-bond donors (Lipinski definition) is 2. The van der Waals surface area contributed by atoms with E-state index in [1.165, 1.54) is 0 Å². The average molecular weight is 347 g/mol. The fourth-order valence-corrected chi connectivity index (χ4v) is 2.55. The Morgan fingerprint density at radius 1 is 1.50 bits per heavy atom. The first-order chi connectivity index (χ1) is 10.2. The summed E-state index contributed by atoms with van der Waals surface area (Å²) in [5.41, 5.74) is 6.87. The first kappa shape index (κ1) is 19.0. The second kappa shape index (κ2) is 9.89. The third-order valence-electron chi connectivity index (χ3n) is 3.35. The number of thioether (sulfide) groups is 1. The number of anilines is 2. The monoisotopic (exact) mass is 346 g/mol. The predicted molar refractivity (Wildman–Crippen MR) is 94.1 cm³/mol. The molecular weight excluding hydrogens is 324 g/mol. The Morgan fingerprint density at radius 3 is 2.82 bits per heavy atom. The number of halogens is 1. The van der Waals surface area contributed by atoms with Crippen molar-refractivity contribution >= 4 is 41.6 Å². The highest BCUT2D eigenvalue weighted by Gasteiger charge is 2.14. The Labute approximate surface area is 141 Å². The molecule has 124 valence electrons. The topological polar surface area (TPSA) is 80.5 Å². The van der Waals surface area contributed by atoms with Gasteiger partial charge in [0.25, 0.3) is 0 Å². The molecule has 2 heterocycles. The summed E-state index contributed by atoms with van der Waals surface area (Å²) in [6.07, 6.45) is 4.43. The number of carbonyl (C=O) groups is 1. The van der Waals surface area contributed by atoms with Crippen molar-refractivity contribution in [3.05, 3.63) is 18.3 Å². The number of pyridine rings is 1. The number of rotatable bonds is 6. The minimum Gasteiger partial charge on any atom is -0.378 e. The van der Waals surface area contributed by atoms with Gasteiger partial charge < -0.3 is 20.7 Å². The number of ether oxygens (including phenoxy) is 1. The van der Waals surface area contributed by atoms with E-state index in [0.29, 0.717) is 12.2 Å². The normalized spacial score (nSPS) is 15.8. The van der Waals surface area contributed by atoms with Crippen LogP contribution < -0.4 is 16.0 Å². The number of carbonyl (C=O) groups excluding carboxylic acids is 1. The number of amides is 1. The third kappa shape index (κ3) is 5.64. The molecule has 0 radical (unpaired) electrons. The molecule has 1 saturated heterocycles. The van der Waals surface area contributed by atoms with Crippen molar-refractivity contribution in [2.24, 2.45) is 5.73 Å². The quantitative estimate of drug-likeness (QED) is 0.809. The Kier molecular flexibility index (Phi) is 8.55. The molecule has 0 aromatic carbocycles. The summed E-state index contributed by atoms with van der Waals surface area (Å²) in [6, 6.07) is 3.28. The lowest BCUT2D eigenvalue weighted by Crippen LogP contribution is -2.37. The molecule has 1 atom stereocenters. The van der Waals surface area contributed by atoms with Gasteiger partial charge in [0.05, 0.1) is 31.1 Å². The Balaban J connectivity index is 0.00000242. The van der Waals surface area contributed by atoms with Crippen molar-refractivity contribution in [2.45, 2.75) is 12.5 Å². The highest BCUT2D eigenvalue weighted by molar-refractivity contribution is 7.98. The van der Waals surface area contributed by atoms with E-state index in [0.717, 1.165) is 37.7 Å². The minimum absolute atomic E-state index is 0. The Hall–Kier alpha value is -1.02. The van der Waals surface area contributed by atoms with E-state index < -0.39 is 6.04 Å². The lowest BCUT2D eigenvalue weighted by Gasteiger charge is -2.28. The SMILES string of the molecule is CSCCC(N)C(=O)Nc1ccc(N2CCOCC2)cn1.Cl. The van der Waals surface area contributed by atoms with Crippen LogP contribution in [0, 0.1) is 0 Å². The van der Waals surface area contributed by atoms with Crippen molar-refractivity contribution < 1.29 is 9.53 Å². The fraction of sp³-hybridized carbons (Fsp3) is 0.571. The summed E-state index contributed by atoms with van der Waals surface area (Å²) < 4.78 is 5.32. The highest BCUT2D eigenvalue weighted by Crippen LogP contribution is 2.16. The largest absolute Gasteiger partial charge is 0.378 e. The summed E-state index contributed by atoms with van der Waals surface area (Å²) in [5.74, 6) is 1.23. The molecule has 1 aliphatic rings. The lowest BCUT2D eigenvalue weighted by atomic mass is 10.2. The van der Waals surface area contributed by atoms with Crippen molar-refractivity contribution in [3.8, 4) is 0 Å². The van der Waals surface area contributed by atoms with Crippen LogP contribution >= 0.6 is 24.2 Å². The average Bonchev–Trinajstić information content (AvgIpc) is 2.54. The molecule has 22 heavy (non-hydrogen) atoms. The van der Waals surface area contributed by atoms with Crippen LogP contribution in [0.2, 0.25) is 0 Å². The third-order valence-corrected chi connectivity index (χ3v) is 3.99. The van der Waals surface area contributed by atoms with Crippen LogP contribution in [0.4, 0.5) is 11.5 Å². The molecule has 6 nitrogen and oxygen atoms in total. The number of morpholine rings is 1. The van der Waals surface area contributed by atoms with Crippen LogP contribution in [-0.2, 0) is 9.53 Å². The van der Waals surface area contributed by atoms with Gasteiger partial charge >= 0.3 is 0 Å². The smallest absolute Gasteiger partial charge is 0.242 e. The highest BCUT2D eigenvalue weighted by atomic mass is 35.5. The molecule has 0 bridgehead atoms. The van der Waals surface area contributed by atoms with E-state index in [9.17, 15) is 4.79 Å². The minimum atomic E-state index is -0.488. The maximum atomic E-state index is 11.9. The van der Waals surface area contributed by atoms with Gasteiger partial charge in [0.2, 0.25) is 5.91 Å². The maximum Gasteiger partial charge on any atom is 0.242 e. The fourth-order valence-electron chi connectivity index (χ4n) is 2.06. The van der Waals surface area contributed by atoms with Crippen LogP contribution in [-0.4, -0.2) is 55.2 Å². The molecule has 1 aromatic rings. The molecule has 8 heteroatoms. The molecule has 1 unspecified atom stereocenters. The van der Waals surface area contributed by atoms with E-state index in [4.69, 9.17) is 10.5 Å². The van der Waals surface area contributed by atoms with Gasteiger partial charge in [0.1, 0.15) is 5.82 Å². The Bertz CT molecular complexity index is 455. The van der Waals surface area contributed by atoms with Crippen LogP contribution in [0.1, 0.15) is 6.42 Å². The second-order valence-corrected chi connectivity index (χ2v) is 5.86. The van der Waals surface area contributed by atoms with Crippen LogP contribution in [0.25, 0.3) is 0 Å². The number of hydrogen-bond acceptors (Lipinski definition) is 6. The van der Waals surface area contributed by atoms with Gasteiger partial charge in [0, 0.05) is 13.1 Å². The summed E-state index contributed by atoms with van der Waals surface area (Å²) in [4.78, 5) is 18.4. The van der Waals surface area contributed by atoms with Crippen molar-refractivity contribution in [1.82, 2.24) is 4.98 Å². The zero-order chi connectivity index (χ0) is 15.1. The van der Waals surface area contributed by atoms with E-state index >= 15 is 0 Å². The summed E-state index contributed by atoms with van der Waals surface area (Å²) in [6.45, 7) is 3.21. The van der Waals surface area contributed by atoms with E-state index in [1.807, 2.05) is 18.4 Å². The predicted octanol–water partition coefficient (Wildman–Crippen LogP) is 1.36. The van der Waals surface area contributed by atoms with Crippen LogP contribution in [0.15, 0.2) is 18.3 Å². The summed E-state index contributed by atoms with van der Waals surface area (Å²) in [5, 5.41) is 2.75. The number of aromatic nitrogens is 1. The van der Waals surface area contributed by atoms with Crippen LogP contribution in [0.3, 0.4) is 0 Å². The molecule has 3 N–H and O–H groups in total. The van der Waals surface area contributed by atoms with Crippen molar-refractivity contribution in [3.63, 3.8) is 0 Å². The molecular formula is C14H23ClN4O2S. The lowest BCUT2D eigenvalue weighted by molar-refractivity contribution is -0.117. The van der Waals surface area contributed by atoms with E-state index in [-0.39, 0.29) is 18.3 Å². The van der Waals surface area contributed by atoms with Gasteiger partial charge in [-0.3, -0.25) is 4.79 Å². The van der Waals surface area contributed by atoms with Gasteiger partial charge in [-0.05, 0) is 30.6 Å². The van der Waals surface area contributed by atoms with Gasteiger partial charge in [0.15, 0.2) is 0 Å². The molecule has 1 aromatic heterocycles. The number of nitrogens with one attached hydrogen (secondary N) is 1. The first-order valence-electron chi connectivity index (χ1n) is 7.05. The van der Waals surface area contributed by atoms with Gasteiger partial charge in [-0.2, -0.15) is 11.8 Å². The van der Waals surface area contributed by atoms with Gasteiger partial charge in [-0.15, -0.1) is 12.4 Å². The molecule has 0 spiro atoms. The molecule has 0 aliphatic carbocycles. The second-order valence-electron chi connectivity index (χ2n) is 4.88. The number of nitrogens with zero attached hydrogens (tertiary/aromatic N) is 2. The maximum absolute atomic E-state index is 11.9. The molecule has 2 rings (SSSR count). The molecule has 1 aliphatic heterocycles. The van der Waals surface area contributed by atoms with Crippen LogP contribution in [0.5, 0.6) is 0 Å². The van der Waals surface area contributed by atoms with E-state index in [1.54, 1.807) is 18.0 Å². The zero-order valence-electron chi connectivity index (χ0n) is 12.7. The first-order valence-corrected chi connectivity index (χ1v) is 8.44. The Morgan fingerprint density at radius 2 is 2.23 bits per heavy atom. The molecule has 1 amide bonds. The van der Waals surface area contributed by atoms with Gasteiger partial charge in [-0.25, -0.2) is 4.98 Å². The van der Waals surface area contributed by atoms with E-state index in [2.05, 4.69) is 15.2 Å². The summed E-state index contributed by atoms with van der Waals surface area (Å²) in [7, 11) is 0. The number of nitrogens with two attached hydrogens (primary N) is 1. The molecule has 0 saturated carbocycles. The van der Waals surface area contributed by atoms with Gasteiger partial charge in [-0.1, -0.05) is 0 Å². The zero-order valence-corrected chi connectivity index (χ0v) is 14.3. The van der Waals surface area contributed by atoms with Crippen molar-refractivity contribution in [2.75, 3.05) is 48.5 Å².